The molecule has 15 heavy (non-hydrogen) atoms. The Labute approximate surface area is 101 Å². The molecule has 0 amide bonds. The maximum atomic E-state index is 4.26. The summed E-state index contributed by atoms with van der Waals surface area (Å²) < 4.78 is 1.00. The smallest absolute Gasteiger partial charge is 0.0795 e. The van der Waals surface area contributed by atoms with Crippen molar-refractivity contribution in [3.05, 3.63) is 39.5 Å². The lowest BCUT2D eigenvalue weighted by atomic mass is 10.3. The molecule has 0 spiro atoms. The molecule has 0 bridgehead atoms. The standard InChI is InChI=1S/C10H10BrN3S/c1-14(5-8-6-15-7-13-8)10-2-3-12-4-9(10)11/h2-4,6-7H,5H2,1H3. The molecule has 0 N–H and O–H groups in total. The van der Waals surface area contributed by atoms with E-state index >= 15 is 0 Å². The van der Waals surface area contributed by atoms with Gasteiger partial charge in [0.05, 0.1) is 27.9 Å². The minimum absolute atomic E-state index is 0.812. The van der Waals surface area contributed by atoms with Crippen LogP contribution in [0.2, 0.25) is 0 Å². The number of halogens is 1. The molecule has 2 rings (SSSR count). The van der Waals surface area contributed by atoms with Gasteiger partial charge in [-0.15, -0.1) is 11.3 Å². The molecule has 0 unspecified atom stereocenters. The van der Waals surface area contributed by atoms with Crippen molar-refractivity contribution >= 4 is 33.0 Å². The van der Waals surface area contributed by atoms with Gasteiger partial charge in [0.25, 0.3) is 0 Å². The van der Waals surface area contributed by atoms with Gasteiger partial charge in [0.15, 0.2) is 0 Å². The lowest BCUT2D eigenvalue weighted by Gasteiger charge is -2.19. The average Bonchev–Trinajstić information content (AvgIpc) is 2.71. The van der Waals surface area contributed by atoms with Crippen LogP contribution in [0.4, 0.5) is 5.69 Å². The van der Waals surface area contributed by atoms with Crippen molar-refractivity contribution in [1.29, 1.82) is 0 Å². The SMILES string of the molecule is CN(Cc1cscn1)c1ccncc1Br. The molecular formula is C10H10BrN3S. The van der Waals surface area contributed by atoms with Crippen molar-refractivity contribution in [2.75, 3.05) is 11.9 Å². The van der Waals surface area contributed by atoms with E-state index in [1.54, 1.807) is 23.7 Å². The molecule has 0 saturated heterocycles. The fourth-order valence-corrected chi connectivity index (χ4v) is 2.42. The lowest BCUT2D eigenvalue weighted by Crippen LogP contribution is -2.17. The fraction of sp³-hybridized carbons (Fsp3) is 0.200. The molecular weight excluding hydrogens is 274 g/mol. The summed E-state index contributed by atoms with van der Waals surface area (Å²) in [5, 5.41) is 2.06. The summed E-state index contributed by atoms with van der Waals surface area (Å²) >= 11 is 5.10. The molecule has 2 aromatic rings. The van der Waals surface area contributed by atoms with E-state index < -0.39 is 0 Å². The quantitative estimate of drug-likeness (QED) is 0.867. The van der Waals surface area contributed by atoms with Gasteiger partial charge >= 0.3 is 0 Å². The number of nitrogens with zero attached hydrogens (tertiary/aromatic N) is 3. The lowest BCUT2D eigenvalue weighted by molar-refractivity contribution is 0.890. The van der Waals surface area contributed by atoms with Crippen molar-refractivity contribution in [2.45, 2.75) is 6.54 Å². The second-order valence-corrected chi connectivity index (χ2v) is 4.74. The van der Waals surface area contributed by atoms with Crippen LogP contribution in [0, 0.1) is 0 Å². The monoisotopic (exact) mass is 283 g/mol. The largest absolute Gasteiger partial charge is 0.368 e. The summed E-state index contributed by atoms with van der Waals surface area (Å²) in [5.41, 5.74) is 4.06. The van der Waals surface area contributed by atoms with Crippen molar-refractivity contribution < 1.29 is 0 Å². The highest BCUT2D eigenvalue weighted by atomic mass is 79.9. The third kappa shape index (κ3) is 2.54. The van der Waals surface area contributed by atoms with Crippen LogP contribution in [-0.2, 0) is 6.54 Å². The molecule has 0 aliphatic rings. The molecule has 78 valence electrons. The van der Waals surface area contributed by atoms with Crippen molar-refractivity contribution in [2.24, 2.45) is 0 Å². The van der Waals surface area contributed by atoms with Crippen molar-refractivity contribution in [3.8, 4) is 0 Å². The maximum absolute atomic E-state index is 4.26. The Morgan fingerprint density at radius 2 is 2.40 bits per heavy atom. The highest BCUT2D eigenvalue weighted by Crippen LogP contribution is 2.24. The molecule has 0 atom stereocenters. The predicted molar refractivity (Wildman–Crippen MR) is 66.2 cm³/mol. The Morgan fingerprint density at radius 1 is 1.53 bits per heavy atom. The molecule has 0 radical (unpaired) electrons. The summed E-state index contributed by atoms with van der Waals surface area (Å²) in [5.74, 6) is 0. The second kappa shape index (κ2) is 4.72. The van der Waals surface area contributed by atoms with Gasteiger partial charge in [0, 0.05) is 24.8 Å². The summed E-state index contributed by atoms with van der Waals surface area (Å²) in [6, 6.07) is 1.98. The van der Waals surface area contributed by atoms with Crippen LogP contribution in [0.15, 0.2) is 33.8 Å². The Morgan fingerprint density at radius 3 is 3.07 bits per heavy atom. The minimum atomic E-state index is 0.812. The van der Waals surface area contributed by atoms with E-state index in [1.807, 2.05) is 18.6 Å². The zero-order valence-electron chi connectivity index (χ0n) is 8.22. The topological polar surface area (TPSA) is 29.0 Å². The van der Waals surface area contributed by atoms with Crippen LogP contribution in [-0.4, -0.2) is 17.0 Å². The molecule has 0 saturated carbocycles. The molecule has 0 aliphatic carbocycles. The first-order valence-electron chi connectivity index (χ1n) is 4.45. The van der Waals surface area contributed by atoms with Crippen molar-refractivity contribution in [1.82, 2.24) is 9.97 Å². The van der Waals surface area contributed by atoms with Gasteiger partial charge in [-0.2, -0.15) is 0 Å². The summed E-state index contributed by atoms with van der Waals surface area (Å²) in [6.45, 7) is 0.812. The van der Waals surface area contributed by atoms with Crippen LogP contribution < -0.4 is 4.90 Å². The van der Waals surface area contributed by atoms with E-state index in [0.717, 1.165) is 22.4 Å². The van der Waals surface area contributed by atoms with E-state index in [-0.39, 0.29) is 0 Å². The van der Waals surface area contributed by atoms with Crippen LogP contribution in [0.1, 0.15) is 5.69 Å². The molecule has 2 aromatic heterocycles. The fourth-order valence-electron chi connectivity index (χ4n) is 1.32. The van der Waals surface area contributed by atoms with E-state index in [0.29, 0.717) is 0 Å². The molecule has 0 fully saturated rings. The predicted octanol–water partition coefficient (Wildman–Crippen LogP) is 2.94. The first-order valence-corrected chi connectivity index (χ1v) is 6.18. The molecule has 3 nitrogen and oxygen atoms in total. The zero-order valence-corrected chi connectivity index (χ0v) is 10.6. The number of anilines is 1. The van der Waals surface area contributed by atoms with Crippen LogP contribution in [0.25, 0.3) is 0 Å². The van der Waals surface area contributed by atoms with Gasteiger partial charge in [-0.05, 0) is 22.0 Å². The Bertz CT molecular complexity index is 430. The van der Waals surface area contributed by atoms with Crippen LogP contribution in [0.3, 0.4) is 0 Å². The first-order chi connectivity index (χ1) is 7.27. The van der Waals surface area contributed by atoms with Gasteiger partial charge in [-0.1, -0.05) is 0 Å². The van der Waals surface area contributed by atoms with E-state index in [9.17, 15) is 0 Å². The molecule has 2 heterocycles. The van der Waals surface area contributed by atoms with Crippen LogP contribution in [0.5, 0.6) is 0 Å². The molecule has 5 heteroatoms. The average molecular weight is 284 g/mol. The Kier molecular flexibility index (Phi) is 3.33. The second-order valence-electron chi connectivity index (χ2n) is 3.16. The summed E-state index contributed by atoms with van der Waals surface area (Å²) in [6.07, 6.45) is 3.59. The normalized spacial score (nSPS) is 10.3. The first kappa shape index (κ1) is 10.6. The summed E-state index contributed by atoms with van der Waals surface area (Å²) in [4.78, 5) is 10.4. The highest BCUT2D eigenvalue weighted by molar-refractivity contribution is 9.10. The minimum Gasteiger partial charge on any atom is -0.368 e. The van der Waals surface area contributed by atoms with Gasteiger partial charge in [0.1, 0.15) is 0 Å². The summed E-state index contributed by atoms with van der Waals surface area (Å²) in [7, 11) is 2.04. The molecule has 0 aromatic carbocycles. The number of hydrogen-bond donors (Lipinski definition) is 0. The van der Waals surface area contributed by atoms with Crippen molar-refractivity contribution in [3.63, 3.8) is 0 Å². The van der Waals surface area contributed by atoms with E-state index in [2.05, 4.69) is 36.2 Å². The zero-order chi connectivity index (χ0) is 10.7. The van der Waals surface area contributed by atoms with Gasteiger partial charge in [0.2, 0.25) is 0 Å². The number of aromatic nitrogens is 2. The number of pyridine rings is 1. The van der Waals surface area contributed by atoms with Gasteiger partial charge < -0.3 is 4.90 Å². The maximum Gasteiger partial charge on any atom is 0.0795 e. The third-order valence-electron chi connectivity index (χ3n) is 2.04. The van der Waals surface area contributed by atoms with Gasteiger partial charge in [-0.3, -0.25) is 4.98 Å². The number of rotatable bonds is 3. The van der Waals surface area contributed by atoms with Crippen LogP contribution >= 0.6 is 27.3 Å². The Balaban J connectivity index is 2.15. The van der Waals surface area contributed by atoms with E-state index in [4.69, 9.17) is 0 Å². The molecule has 0 aliphatic heterocycles. The number of hydrogen-bond acceptors (Lipinski definition) is 4. The van der Waals surface area contributed by atoms with Gasteiger partial charge in [-0.25, -0.2) is 4.98 Å². The van der Waals surface area contributed by atoms with E-state index in [1.165, 1.54) is 0 Å². The highest BCUT2D eigenvalue weighted by Gasteiger charge is 2.06. The number of thiazole rings is 1. The third-order valence-corrected chi connectivity index (χ3v) is 3.29. The Hall–Kier alpha value is -0.940.